The lowest BCUT2D eigenvalue weighted by atomic mass is 9.94. The van der Waals surface area contributed by atoms with E-state index in [2.05, 4.69) is 0 Å². The van der Waals surface area contributed by atoms with Gasteiger partial charge in [0.05, 0.1) is 12.2 Å². The van der Waals surface area contributed by atoms with Crippen LogP contribution >= 0.6 is 0 Å². The van der Waals surface area contributed by atoms with E-state index in [1.807, 2.05) is 0 Å². The summed E-state index contributed by atoms with van der Waals surface area (Å²) in [7, 11) is 1.45. The summed E-state index contributed by atoms with van der Waals surface area (Å²) in [6.45, 7) is 1.84. The van der Waals surface area contributed by atoms with E-state index >= 15 is 0 Å². The first-order valence-corrected chi connectivity index (χ1v) is 5.08. The summed E-state index contributed by atoms with van der Waals surface area (Å²) in [6.07, 6.45) is -2.15. The van der Waals surface area contributed by atoms with Gasteiger partial charge in [0.25, 0.3) is 0 Å². The maximum absolute atomic E-state index is 14.0. The number of carbonyl (C=O) groups is 1. The number of methoxy groups -OCH3 is 1. The molecule has 86 valence electrons. The van der Waals surface area contributed by atoms with E-state index in [1.54, 1.807) is 25.1 Å². The third kappa shape index (κ3) is 1.69. The highest BCUT2D eigenvalue weighted by atomic mass is 19.1. The average molecular weight is 224 g/mol. The SMILES string of the molecule is COC[C@@H]1OC(=O)c2c(C)cccc2[C@@H]1F. The highest BCUT2D eigenvalue weighted by Gasteiger charge is 2.36. The van der Waals surface area contributed by atoms with Crippen LogP contribution in [0.25, 0.3) is 0 Å². The molecule has 0 aliphatic carbocycles. The van der Waals surface area contributed by atoms with Crippen molar-refractivity contribution in [3.63, 3.8) is 0 Å². The molecular formula is C12H13FO3. The number of ether oxygens (including phenoxy) is 2. The molecule has 0 aromatic heterocycles. The van der Waals surface area contributed by atoms with Gasteiger partial charge < -0.3 is 9.47 Å². The Morgan fingerprint density at radius 1 is 1.50 bits per heavy atom. The van der Waals surface area contributed by atoms with Crippen molar-refractivity contribution in [2.45, 2.75) is 19.2 Å². The summed E-state index contributed by atoms with van der Waals surface area (Å²) in [5.74, 6) is -0.468. The van der Waals surface area contributed by atoms with E-state index in [0.29, 0.717) is 11.1 Å². The second-order valence-electron chi connectivity index (χ2n) is 3.84. The summed E-state index contributed by atoms with van der Waals surface area (Å²) in [5.41, 5.74) is 1.49. The zero-order chi connectivity index (χ0) is 11.7. The Kier molecular flexibility index (Phi) is 2.92. The molecule has 0 amide bonds. The maximum Gasteiger partial charge on any atom is 0.339 e. The van der Waals surface area contributed by atoms with Gasteiger partial charge in [-0.2, -0.15) is 0 Å². The Labute approximate surface area is 93.2 Å². The van der Waals surface area contributed by atoms with Gasteiger partial charge in [-0.1, -0.05) is 18.2 Å². The first kappa shape index (κ1) is 11.1. The number of rotatable bonds is 2. The van der Waals surface area contributed by atoms with E-state index in [-0.39, 0.29) is 6.61 Å². The molecule has 0 spiro atoms. The smallest absolute Gasteiger partial charge is 0.339 e. The van der Waals surface area contributed by atoms with Crippen molar-refractivity contribution < 1.29 is 18.7 Å². The minimum atomic E-state index is -1.31. The number of benzene rings is 1. The van der Waals surface area contributed by atoms with Crippen LogP contribution in [0.4, 0.5) is 4.39 Å². The second kappa shape index (κ2) is 4.22. The Hall–Kier alpha value is -1.42. The predicted molar refractivity (Wildman–Crippen MR) is 56.1 cm³/mol. The van der Waals surface area contributed by atoms with Crippen LogP contribution in [0.1, 0.15) is 27.7 Å². The summed E-state index contributed by atoms with van der Waals surface area (Å²) < 4.78 is 23.9. The zero-order valence-corrected chi connectivity index (χ0v) is 9.20. The molecule has 1 aromatic rings. The quantitative estimate of drug-likeness (QED) is 0.722. The van der Waals surface area contributed by atoms with E-state index in [9.17, 15) is 9.18 Å². The monoisotopic (exact) mass is 224 g/mol. The molecule has 2 rings (SSSR count). The fourth-order valence-electron chi connectivity index (χ4n) is 1.94. The van der Waals surface area contributed by atoms with Crippen molar-refractivity contribution >= 4 is 5.97 Å². The van der Waals surface area contributed by atoms with E-state index in [0.717, 1.165) is 5.56 Å². The molecule has 16 heavy (non-hydrogen) atoms. The van der Waals surface area contributed by atoms with Gasteiger partial charge in [-0.25, -0.2) is 9.18 Å². The van der Waals surface area contributed by atoms with Crippen LogP contribution in [0.3, 0.4) is 0 Å². The Morgan fingerprint density at radius 2 is 2.25 bits per heavy atom. The number of alkyl halides is 1. The number of esters is 1. The van der Waals surface area contributed by atoms with Crippen molar-refractivity contribution in [2.24, 2.45) is 0 Å². The van der Waals surface area contributed by atoms with E-state index in [4.69, 9.17) is 9.47 Å². The van der Waals surface area contributed by atoms with Crippen LogP contribution in [-0.2, 0) is 9.47 Å². The number of aryl methyl sites for hydroxylation is 1. The molecule has 0 bridgehead atoms. The van der Waals surface area contributed by atoms with E-state index < -0.39 is 18.2 Å². The number of halogens is 1. The maximum atomic E-state index is 14.0. The number of carbonyl (C=O) groups excluding carboxylic acids is 1. The van der Waals surface area contributed by atoms with Gasteiger partial charge in [-0.05, 0) is 12.5 Å². The van der Waals surface area contributed by atoms with Crippen LogP contribution < -0.4 is 0 Å². The van der Waals surface area contributed by atoms with Crippen LogP contribution in [0, 0.1) is 6.92 Å². The lowest BCUT2D eigenvalue weighted by Gasteiger charge is -2.28. The second-order valence-corrected chi connectivity index (χ2v) is 3.84. The standard InChI is InChI=1S/C12H13FO3/c1-7-4-3-5-8-10(7)12(14)16-9(6-15-2)11(8)13/h3-5,9,11H,6H2,1-2H3/t9-,11-/m0/s1. The largest absolute Gasteiger partial charge is 0.453 e. The topological polar surface area (TPSA) is 35.5 Å². The van der Waals surface area contributed by atoms with Crippen molar-refractivity contribution in [3.05, 3.63) is 34.9 Å². The normalized spacial score (nSPS) is 23.8. The molecule has 0 fully saturated rings. The van der Waals surface area contributed by atoms with Crippen molar-refractivity contribution in [1.82, 2.24) is 0 Å². The third-order valence-corrected chi connectivity index (χ3v) is 2.72. The van der Waals surface area contributed by atoms with Gasteiger partial charge >= 0.3 is 5.97 Å². The van der Waals surface area contributed by atoms with Crippen LogP contribution in [0.15, 0.2) is 18.2 Å². The Balaban J connectivity index is 2.43. The van der Waals surface area contributed by atoms with Crippen LogP contribution in [0.2, 0.25) is 0 Å². The molecule has 2 atom stereocenters. The molecule has 0 radical (unpaired) electrons. The highest BCUT2D eigenvalue weighted by Crippen LogP contribution is 2.34. The summed E-state index contributed by atoms with van der Waals surface area (Å²) in [4.78, 5) is 11.7. The van der Waals surface area contributed by atoms with Gasteiger partial charge in [-0.3, -0.25) is 0 Å². The first-order chi connectivity index (χ1) is 7.65. The molecule has 1 aromatic carbocycles. The molecular weight excluding hydrogens is 211 g/mol. The van der Waals surface area contributed by atoms with Crippen LogP contribution in [0.5, 0.6) is 0 Å². The minimum absolute atomic E-state index is 0.0697. The number of hydrogen-bond acceptors (Lipinski definition) is 3. The molecule has 1 heterocycles. The van der Waals surface area contributed by atoms with Gasteiger partial charge in [-0.15, -0.1) is 0 Å². The van der Waals surface area contributed by atoms with Crippen LogP contribution in [-0.4, -0.2) is 25.8 Å². The zero-order valence-electron chi connectivity index (χ0n) is 9.20. The van der Waals surface area contributed by atoms with Crippen molar-refractivity contribution in [2.75, 3.05) is 13.7 Å². The van der Waals surface area contributed by atoms with Gasteiger partial charge in [0.1, 0.15) is 0 Å². The summed E-state index contributed by atoms with van der Waals surface area (Å²) in [5, 5.41) is 0. The van der Waals surface area contributed by atoms with Crippen molar-refractivity contribution in [1.29, 1.82) is 0 Å². The highest BCUT2D eigenvalue weighted by molar-refractivity contribution is 5.94. The predicted octanol–water partition coefficient (Wildman–Crippen LogP) is 2.19. The Morgan fingerprint density at radius 3 is 2.94 bits per heavy atom. The molecule has 1 aliphatic heterocycles. The lowest BCUT2D eigenvalue weighted by molar-refractivity contribution is -0.0325. The number of hydrogen-bond donors (Lipinski definition) is 0. The molecule has 0 unspecified atom stereocenters. The molecule has 3 nitrogen and oxygen atoms in total. The van der Waals surface area contributed by atoms with Crippen molar-refractivity contribution in [3.8, 4) is 0 Å². The lowest BCUT2D eigenvalue weighted by Crippen LogP contribution is -2.34. The fraction of sp³-hybridized carbons (Fsp3) is 0.417. The third-order valence-electron chi connectivity index (χ3n) is 2.72. The first-order valence-electron chi connectivity index (χ1n) is 5.08. The molecule has 1 aliphatic rings. The van der Waals surface area contributed by atoms with Gasteiger partial charge in [0.2, 0.25) is 0 Å². The minimum Gasteiger partial charge on any atom is -0.453 e. The molecule has 0 saturated carbocycles. The fourth-order valence-corrected chi connectivity index (χ4v) is 1.94. The van der Waals surface area contributed by atoms with Gasteiger partial charge in [0, 0.05) is 12.7 Å². The molecule has 4 heteroatoms. The molecule has 0 N–H and O–H groups in total. The Bertz CT molecular complexity index is 417. The number of cyclic esters (lactones) is 1. The average Bonchev–Trinajstić information content (AvgIpc) is 2.25. The summed E-state index contributed by atoms with van der Waals surface area (Å²) in [6, 6.07) is 5.13. The number of fused-ring (bicyclic) bond motifs is 1. The van der Waals surface area contributed by atoms with E-state index in [1.165, 1.54) is 7.11 Å². The summed E-state index contributed by atoms with van der Waals surface area (Å²) >= 11 is 0. The van der Waals surface area contributed by atoms with Gasteiger partial charge in [0.15, 0.2) is 12.3 Å². The molecule has 0 saturated heterocycles.